The maximum Gasteiger partial charge on any atom is 0.311 e. The van der Waals surface area contributed by atoms with Crippen LogP contribution in [0.3, 0.4) is 0 Å². The fourth-order valence-corrected chi connectivity index (χ4v) is 6.87. The molecule has 2 aromatic rings. The molecule has 0 unspecified atom stereocenters. The predicted octanol–water partition coefficient (Wildman–Crippen LogP) is 4.64. The van der Waals surface area contributed by atoms with Crippen molar-refractivity contribution < 1.29 is 33.6 Å². The average molecular weight is 654 g/mol. The first kappa shape index (κ1) is 36.7. The quantitative estimate of drug-likeness (QED) is 0.157. The Balaban J connectivity index is 1.35. The summed E-state index contributed by atoms with van der Waals surface area (Å²) in [6.07, 6.45) is 7.87. The highest BCUT2D eigenvalue weighted by Crippen LogP contribution is 2.34. The lowest BCUT2D eigenvalue weighted by atomic mass is 9.83. The number of hydrogen-bond donors (Lipinski definition) is 3. The highest BCUT2D eigenvalue weighted by molar-refractivity contribution is 6.35. The van der Waals surface area contributed by atoms with E-state index in [4.69, 9.17) is 18.9 Å². The summed E-state index contributed by atoms with van der Waals surface area (Å²) in [5.41, 5.74) is 2.03. The molecular weight excluding hydrogens is 598 g/mol. The van der Waals surface area contributed by atoms with Gasteiger partial charge in [0.15, 0.2) is 0 Å². The van der Waals surface area contributed by atoms with E-state index in [9.17, 15) is 14.7 Å². The summed E-state index contributed by atoms with van der Waals surface area (Å²) >= 11 is 0. The molecule has 3 N–H and O–H groups in total. The number of aliphatic hydroxyl groups is 1. The number of nitrogens with zero attached hydrogens (tertiary/aromatic N) is 1. The second kappa shape index (κ2) is 19.6. The van der Waals surface area contributed by atoms with E-state index in [1.165, 1.54) is 6.42 Å². The van der Waals surface area contributed by atoms with Crippen molar-refractivity contribution in [2.24, 2.45) is 11.8 Å². The Morgan fingerprint density at radius 1 is 0.936 bits per heavy atom. The van der Waals surface area contributed by atoms with Crippen molar-refractivity contribution in [2.75, 3.05) is 54.2 Å². The third kappa shape index (κ3) is 11.5. The largest absolute Gasteiger partial charge is 0.497 e. The third-order valence-electron chi connectivity index (χ3n) is 9.49. The number of methoxy groups -OCH3 is 3. The van der Waals surface area contributed by atoms with E-state index in [0.717, 1.165) is 56.1 Å². The van der Waals surface area contributed by atoms with Crippen molar-refractivity contribution in [3.05, 3.63) is 59.7 Å². The molecule has 0 bridgehead atoms. The summed E-state index contributed by atoms with van der Waals surface area (Å²) in [4.78, 5) is 28.6. The van der Waals surface area contributed by atoms with E-state index in [2.05, 4.69) is 22.8 Å². The van der Waals surface area contributed by atoms with E-state index in [0.29, 0.717) is 56.7 Å². The number of unbranched alkanes of at least 4 members (excludes halogenated alkanes) is 1. The lowest BCUT2D eigenvalue weighted by Crippen LogP contribution is -2.52. The molecule has 1 aliphatic carbocycles. The molecule has 1 saturated heterocycles. The van der Waals surface area contributed by atoms with Gasteiger partial charge in [-0.05, 0) is 54.9 Å². The minimum absolute atomic E-state index is 0.0830. The number of carbonyl (C=O) groups is 2. The van der Waals surface area contributed by atoms with Gasteiger partial charge < -0.3 is 39.6 Å². The Morgan fingerprint density at radius 3 is 2.32 bits per heavy atom. The zero-order valence-electron chi connectivity index (χ0n) is 28.5. The van der Waals surface area contributed by atoms with Crippen LogP contribution in [0.25, 0.3) is 0 Å². The molecule has 2 fully saturated rings. The first-order valence-corrected chi connectivity index (χ1v) is 17.3. The fourth-order valence-electron chi connectivity index (χ4n) is 6.87. The number of rotatable bonds is 18. The molecule has 2 aliphatic rings. The van der Waals surface area contributed by atoms with Gasteiger partial charge in [-0.3, -0.25) is 9.59 Å². The fraction of sp³-hybridized carbons (Fsp3) is 0.622. The number of nitrogens with one attached hydrogen (secondary N) is 2. The third-order valence-corrected chi connectivity index (χ3v) is 9.49. The molecule has 0 radical (unpaired) electrons. The van der Waals surface area contributed by atoms with Crippen LogP contribution in [0.2, 0.25) is 0 Å². The number of likely N-dealkylation sites (tertiary alicyclic amines) is 1. The Labute approximate surface area is 280 Å². The smallest absolute Gasteiger partial charge is 0.311 e. The van der Waals surface area contributed by atoms with Crippen LogP contribution in [-0.2, 0) is 25.6 Å². The first-order valence-electron chi connectivity index (χ1n) is 17.3. The van der Waals surface area contributed by atoms with Crippen LogP contribution in [0.4, 0.5) is 0 Å². The standard InChI is InChI=1S/C37H55N3O7/c1-44-18-10-11-19-47-35(29-14-8-5-9-15-29)30-16-17-40(26-30)37(43)36(42)39-33(22-27-12-6-4-7-13-27)34(41)25-38-24-28-20-31(45-2)23-32(21-28)46-3/h5,8-9,14-15,20-21,23,27,30,33-35,38,41H,4,6-7,10-13,16-19,22,24-26H2,1-3H3,(H,39,42)/t30-,33+,34-,35+/m1/s1. The summed E-state index contributed by atoms with van der Waals surface area (Å²) in [6.45, 7) is 3.00. The normalized spacial score (nSPS) is 18.8. The highest BCUT2D eigenvalue weighted by Gasteiger charge is 2.37. The number of ether oxygens (including phenoxy) is 4. The minimum Gasteiger partial charge on any atom is -0.497 e. The Hall–Kier alpha value is -3.18. The first-order chi connectivity index (χ1) is 22.9. The van der Waals surface area contributed by atoms with Gasteiger partial charge >= 0.3 is 11.8 Å². The molecule has 0 aromatic heterocycles. The number of amides is 2. The van der Waals surface area contributed by atoms with Gasteiger partial charge in [-0.15, -0.1) is 0 Å². The van der Waals surface area contributed by atoms with Crippen LogP contribution in [0, 0.1) is 11.8 Å². The Morgan fingerprint density at radius 2 is 1.64 bits per heavy atom. The van der Waals surface area contributed by atoms with Gasteiger partial charge in [-0.25, -0.2) is 0 Å². The van der Waals surface area contributed by atoms with Crippen molar-refractivity contribution in [3.8, 4) is 11.5 Å². The highest BCUT2D eigenvalue weighted by atomic mass is 16.5. The topological polar surface area (TPSA) is 119 Å². The van der Waals surface area contributed by atoms with Gasteiger partial charge in [-0.2, -0.15) is 0 Å². The van der Waals surface area contributed by atoms with E-state index in [1.54, 1.807) is 26.2 Å². The average Bonchev–Trinajstić information content (AvgIpc) is 3.59. The van der Waals surface area contributed by atoms with Crippen molar-refractivity contribution in [2.45, 2.75) is 82.6 Å². The molecule has 260 valence electrons. The molecule has 1 saturated carbocycles. The number of hydrogen-bond acceptors (Lipinski definition) is 8. The van der Waals surface area contributed by atoms with Crippen LogP contribution in [0.5, 0.6) is 11.5 Å². The minimum atomic E-state index is -0.860. The van der Waals surface area contributed by atoms with Crippen LogP contribution < -0.4 is 20.1 Å². The molecule has 47 heavy (non-hydrogen) atoms. The lowest BCUT2D eigenvalue weighted by molar-refractivity contribution is -0.146. The predicted molar refractivity (Wildman–Crippen MR) is 181 cm³/mol. The molecule has 1 aliphatic heterocycles. The Kier molecular flexibility index (Phi) is 15.3. The Bertz CT molecular complexity index is 1200. The molecule has 2 amide bonds. The molecule has 1 heterocycles. The molecule has 10 nitrogen and oxygen atoms in total. The molecule has 10 heteroatoms. The van der Waals surface area contributed by atoms with Crippen LogP contribution in [0.15, 0.2) is 48.5 Å². The second-order valence-corrected chi connectivity index (χ2v) is 12.9. The SMILES string of the molecule is COCCCCO[C@@H](c1ccccc1)[C@@H]1CCN(C(=O)C(=O)N[C@@H](CC2CCCCC2)[C@H](O)CNCc2cc(OC)cc(OC)c2)C1. The molecule has 2 aromatic carbocycles. The van der Waals surface area contributed by atoms with E-state index in [-0.39, 0.29) is 18.6 Å². The molecular formula is C37H55N3O7. The van der Waals surface area contributed by atoms with Gasteiger partial charge in [0.05, 0.1) is 32.5 Å². The summed E-state index contributed by atoms with van der Waals surface area (Å²) in [7, 11) is 4.92. The van der Waals surface area contributed by atoms with Crippen LogP contribution in [-0.4, -0.2) is 88.1 Å². The maximum absolute atomic E-state index is 13.5. The van der Waals surface area contributed by atoms with Gasteiger partial charge in [0.1, 0.15) is 11.5 Å². The van der Waals surface area contributed by atoms with E-state index in [1.807, 2.05) is 36.4 Å². The lowest BCUT2D eigenvalue weighted by Gasteiger charge is -2.30. The molecule has 4 atom stereocenters. The van der Waals surface area contributed by atoms with E-state index >= 15 is 0 Å². The number of benzene rings is 2. The zero-order chi connectivity index (χ0) is 33.4. The van der Waals surface area contributed by atoms with Crippen molar-refractivity contribution in [3.63, 3.8) is 0 Å². The van der Waals surface area contributed by atoms with Crippen molar-refractivity contribution >= 4 is 11.8 Å². The number of carbonyl (C=O) groups excluding carboxylic acids is 2. The summed E-state index contributed by atoms with van der Waals surface area (Å²) < 4.78 is 22.3. The summed E-state index contributed by atoms with van der Waals surface area (Å²) in [5.74, 6) is 0.674. The maximum atomic E-state index is 13.5. The summed E-state index contributed by atoms with van der Waals surface area (Å²) in [5, 5.41) is 17.6. The van der Waals surface area contributed by atoms with Gasteiger partial charge in [0.25, 0.3) is 0 Å². The van der Waals surface area contributed by atoms with Crippen LogP contribution in [0.1, 0.15) is 75.0 Å². The van der Waals surface area contributed by atoms with Gasteiger partial charge in [0.2, 0.25) is 0 Å². The second-order valence-electron chi connectivity index (χ2n) is 12.9. The zero-order valence-corrected chi connectivity index (χ0v) is 28.5. The van der Waals surface area contributed by atoms with Crippen LogP contribution >= 0.6 is 0 Å². The number of aliphatic hydroxyl groups excluding tert-OH is 1. The molecule has 4 rings (SSSR count). The molecule has 0 spiro atoms. The summed E-state index contributed by atoms with van der Waals surface area (Å²) in [6, 6.07) is 15.2. The van der Waals surface area contributed by atoms with Gasteiger partial charge in [-0.1, -0.05) is 62.4 Å². The van der Waals surface area contributed by atoms with Gasteiger partial charge in [0, 0.05) is 58.5 Å². The van der Waals surface area contributed by atoms with Crippen molar-refractivity contribution in [1.82, 2.24) is 15.5 Å². The van der Waals surface area contributed by atoms with E-state index < -0.39 is 24.0 Å². The van der Waals surface area contributed by atoms with Crippen molar-refractivity contribution in [1.29, 1.82) is 0 Å². The monoisotopic (exact) mass is 653 g/mol.